The van der Waals surface area contributed by atoms with Crippen molar-refractivity contribution in [1.29, 1.82) is 0 Å². The van der Waals surface area contributed by atoms with Crippen LogP contribution < -0.4 is 25.4 Å². The number of hydrogen-bond acceptors (Lipinski definition) is 3. The Morgan fingerprint density at radius 2 is 1.26 bits per heavy atom. The fraction of sp³-hybridized carbons (Fsp3) is 0.105. The van der Waals surface area contributed by atoms with Gasteiger partial charge in [-0.25, -0.2) is 0 Å². The Labute approximate surface area is 137 Å². The van der Waals surface area contributed by atoms with Crippen molar-refractivity contribution in [3.8, 4) is 11.8 Å². The van der Waals surface area contributed by atoms with E-state index in [0.29, 0.717) is 11.8 Å². The lowest BCUT2D eigenvalue weighted by molar-refractivity contribution is 0.367. The molecular formula is C19H18NO2P. The minimum absolute atomic E-state index is 0.557. The van der Waals surface area contributed by atoms with Crippen LogP contribution in [0.4, 0.5) is 0 Å². The zero-order valence-electron chi connectivity index (χ0n) is 13.1. The van der Waals surface area contributed by atoms with Crippen molar-refractivity contribution in [3.63, 3.8) is 0 Å². The van der Waals surface area contributed by atoms with Crippen LogP contribution in [0.2, 0.25) is 0 Å². The van der Waals surface area contributed by atoms with Gasteiger partial charge in [0.25, 0.3) is 0 Å². The fourth-order valence-corrected chi connectivity index (χ4v) is 4.78. The monoisotopic (exact) mass is 323 g/mol. The van der Waals surface area contributed by atoms with E-state index in [4.69, 9.17) is 9.47 Å². The largest absolute Gasteiger partial charge is 0.481 e. The van der Waals surface area contributed by atoms with E-state index in [9.17, 15) is 0 Å². The number of pyridine rings is 1. The molecule has 3 aromatic rings. The highest BCUT2D eigenvalue weighted by Gasteiger charge is 2.21. The number of benzene rings is 2. The summed E-state index contributed by atoms with van der Waals surface area (Å²) in [6, 6.07) is 24.9. The van der Waals surface area contributed by atoms with Gasteiger partial charge in [0.05, 0.1) is 14.2 Å². The van der Waals surface area contributed by atoms with Gasteiger partial charge in [0.2, 0.25) is 11.8 Å². The Bertz CT molecular complexity index is 723. The smallest absolute Gasteiger partial charge is 0.224 e. The first-order valence-electron chi connectivity index (χ1n) is 7.32. The molecule has 0 unspecified atom stereocenters. The third kappa shape index (κ3) is 3.35. The van der Waals surface area contributed by atoms with Gasteiger partial charge in [-0.05, 0) is 24.6 Å². The van der Waals surface area contributed by atoms with Crippen LogP contribution >= 0.6 is 7.92 Å². The van der Waals surface area contributed by atoms with E-state index in [1.165, 1.54) is 10.6 Å². The molecule has 0 amide bonds. The molecule has 3 nitrogen and oxygen atoms in total. The maximum Gasteiger partial charge on any atom is 0.224 e. The van der Waals surface area contributed by atoms with Gasteiger partial charge in [0, 0.05) is 11.4 Å². The minimum Gasteiger partial charge on any atom is -0.481 e. The lowest BCUT2D eigenvalue weighted by Crippen LogP contribution is -2.22. The van der Waals surface area contributed by atoms with Gasteiger partial charge in [0.15, 0.2) is 0 Å². The first kappa shape index (κ1) is 15.5. The van der Waals surface area contributed by atoms with E-state index in [1.807, 2.05) is 18.2 Å². The first-order valence-corrected chi connectivity index (χ1v) is 8.67. The second-order valence-corrected chi connectivity index (χ2v) is 7.07. The summed E-state index contributed by atoms with van der Waals surface area (Å²) in [7, 11) is 2.52. The summed E-state index contributed by atoms with van der Waals surface area (Å²) in [6.07, 6.45) is 0. The molecule has 0 aliphatic heterocycles. The van der Waals surface area contributed by atoms with Crippen molar-refractivity contribution < 1.29 is 9.47 Å². The maximum atomic E-state index is 5.54. The number of rotatable bonds is 5. The molecule has 2 aromatic carbocycles. The predicted molar refractivity (Wildman–Crippen MR) is 96.0 cm³/mol. The standard InChI is InChI=1S/C19H18NO2P/c1-21-18-14-13-17(19(20-18)22-2)23(15-9-5-3-6-10-15)16-11-7-4-8-12-16/h3-14H,1-2H3. The Kier molecular flexibility index (Phi) is 4.89. The number of methoxy groups -OCH3 is 2. The van der Waals surface area contributed by atoms with Gasteiger partial charge in [0.1, 0.15) is 0 Å². The molecule has 0 bridgehead atoms. The van der Waals surface area contributed by atoms with Gasteiger partial charge in [-0.2, -0.15) is 4.98 Å². The van der Waals surface area contributed by atoms with E-state index < -0.39 is 7.92 Å². The molecule has 0 saturated heterocycles. The van der Waals surface area contributed by atoms with Crippen LogP contribution in [0.5, 0.6) is 11.8 Å². The number of aromatic nitrogens is 1. The van der Waals surface area contributed by atoms with Gasteiger partial charge in [-0.15, -0.1) is 0 Å². The molecule has 116 valence electrons. The normalized spacial score (nSPS) is 10.6. The third-order valence-electron chi connectivity index (χ3n) is 3.49. The van der Waals surface area contributed by atoms with Crippen molar-refractivity contribution in [2.24, 2.45) is 0 Å². The summed E-state index contributed by atoms with van der Waals surface area (Å²) in [5, 5.41) is 3.61. The average molecular weight is 323 g/mol. The molecule has 3 rings (SSSR count). The summed E-state index contributed by atoms with van der Waals surface area (Å²) in [4.78, 5) is 4.45. The molecule has 1 heterocycles. The van der Waals surface area contributed by atoms with Crippen LogP contribution in [0.1, 0.15) is 0 Å². The topological polar surface area (TPSA) is 31.4 Å². The van der Waals surface area contributed by atoms with E-state index in [2.05, 4.69) is 59.6 Å². The first-order chi connectivity index (χ1) is 11.3. The van der Waals surface area contributed by atoms with Crippen LogP contribution in [0.15, 0.2) is 72.8 Å². The van der Waals surface area contributed by atoms with E-state index in [0.717, 1.165) is 5.30 Å². The number of nitrogens with zero attached hydrogens (tertiary/aromatic N) is 1. The molecule has 4 heteroatoms. The van der Waals surface area contributed by atoms with Gasteiger partial charge in [-0.3, -0.25) is 0 Å². The lowest BCUT2D eigenvalue weighted by Gasteiger charge is -2.21. The molecule has 0 atom stereocenters. The molecule has 0 radical (unpaired) electrons. The summed E-state index contributed by atoms with van der Waals surface area (Å²) in [5.74, 6) is 1.17. The molecule has 0 aliphatic rings. The van der Waals surface area contributed by atoms with E-state index in [-0.39, 0.29) is 0 Å². The summed E-state index contributed by atoms with van der Waals surface area (Å²) in [5.41, 5.74) is 0. The molecule has 23 heavy (non-hydrogen) atoms. The van der Waals surface area contributed by atoms with Gasteiger partial charge >= 0.3 is 0 Å². The van der Waals surface area contributed by atoms with Crippen molar-refractivity contribution in [3.05, 3.63) is 72.8 Å². The molecule has 0 saturated carbocycles. The number of hydrogen-bond donors (Lipinski definition) is 0. The second kappa shape index (κ2) is 7.26. The third-order valence-corrected chi connectivity index (χ3v) is 5.94. The van der Waals surface area contributed by atoms with Gasteiger partial charge in [-0.1, -0.05) is 60.7 Å². The van der Waals surface area contributed by atoms with Crippen molar-refractivity contribution in [2.45, 2.75) is 0 Å². The quantitative estimate of drug-likeness (QED) is 0.677. The Balaban J connectivity index is 2.17. The summed E-state index contributed by atoms with van der Waals surface area (Å²) >= 11 is 0. The van der Waals surface area contributed by atoms with Crippen molar-refractivity contribution in [1.82, 2.24) is 4.98 Å². The maximum absolute atomic E-state index is 5.54. The Morgan fingerprint density at radius 1 is 0.696 bits per heavy atom. The van der Waals surface area contributed by atoms with Gasteiger partial charge < -0.3 is 9.47 Å². The van der Waals surface area contributed by atoms with Crippen LogP contribution in [-0.2, 0) is 0 Å². The van der Waals surface area contributed by atoms with Crippen LogP contribution in [0.25, 0.3) is 0 Å². The molecule has 0 N–H and O–H groups in total. The van der Waals surface area contributed by atoms with E-state index in [1.54, 1.807) is 14.2 Å². The fourth-order valence-electron chi connectivity index (χ4n) is 2.43. The summed E-state index contributed by atoms with van der Waals surface area (Å²) in [6.45, 7) is 0. The summed E-state index contributed by atoms with van der Waals surface area (Å²) < 4.78 is 10.8. The molecule has 0 aliphatic carbocycles. The molecule has 0 spiro atoms. The Morgan fingerprint density at radius 3 is 1.74 bits per heavy atom. The highest BCUT2D eigenvalue weighted by molar-refractivity contribution is 7.80. The average Bonchev–Trinajstić information content (AvgIpc) is 2.64. The lowest BCUT2D eigenvalue weighted by atomic mass is 10.4. The minimum atomic E-state index is -0.733. The van der Waals surface area contributed by atoms with Crippen LogP contribution in [0, 0.1) is 0 Å². The molecule has 0 fully saturated rings. The highest BCUT2D eigenvalue weighted by Crippen LogP contribution is 2.36. The Hall–Kier alpha value is -2.38. The SMILES string of the molecule is COc1ccc(P(c2ccccc2)c2ccccc2)c(OC)n1. The molecule has 1 aromatic heterocycles. The highest BCUT2D eigenvalue weighted by atomic mass is 31.1. The van der Waals surface area contributed by atoms with Crippen LogP contribution in [-0.4, -0.2) is 19.2 Å². The zero-order valence-corrected chi connectivity index (χ0v) is 14.0. The van der Waals surface area contributed by atoms with Crippen molar-refractivity contribution >= 4 is 23.8 Å². The molecular weight excluding hydrogens is 305 g/mol. The zero-order chi connectivity index (χ0) is 16.1. The second-order valence-electron chi connectivity index (χ2n) is 4.89. The van der Waals surface area contributed by atoms with Crippen molar-refractivity contribution in [2.75, 3.05) is 14.2 Å². The van der Waals surface area contributed by atoms with E-state index >= 15 is 0 Å². The number of ether oxygens (including phenoxy) is 2. The van der Waals surface area contributed by atoms with Crippen LogP contribution in [0.3, 0.4) is 0 Å². The predicted octanol–water partition coefficient (Wildman–Crippen LogP) is 2.86.